The number of nitrogens with zero attached hydrogens (tertiary/aromatic N) is 2. The molecule has 0 saturated heterocycles. The predicted octanol–water partition coefficient (Wildman–Crippen LogP) is 3.90. The SMILES string of the molecule is Cc1ccc([N+](=O)[O-])cc1NC(=O)CCN(C)CCOc1ccc(Cl)cc1. The highest BCUT2D eigenvalue weighted by atomic mass is 35.5. The van der Waals surface area contributed by atoms with E-state index in [0.29, 0.717) is 30.4 Å². The van der Waals surface area contributed by atoms with Crippen LogP contribution in [0.1, 0.15) is 12.0 Å². The summed E-state index contributed by atoms with van der Waals surface area (Å²) in [6, 6.07) is 11.5. The molecule has 0 spiro atoms. The molecule has 27 heavy (non-hydrogen) atoms. The first-order chi connectivity index (χ1) is 12.8. The third-order valence-corrected chi connectivity index (χ3v) is 4.23. The van der Waals surface area contributed by atoms with Crippen molar-refractivity contribution >= 4 is 28.9 Å². The predicted molar refractivity (Wildman–Crippen MR) is 106 cm³/mol. The first kappa shape index (κ1) is 20.7. The fourth-order valence-electron chi connectivity index (χ4n) is 2.33. The summed E-state index contributed by atoms with van der Waals surface area (Å²) in [6.07, 6.45) is 0.277. The van der Waals surface area contributed by atoms with Crippen LogP contribution in [0.25, 0.3) is 0 Å². The third-order valence-electron chi connectivity index (χ3n) is 3.98. The minimum Gasteiger partial charge on any atom is -0.492 e. The number of carbonyl (C=O) groups is 1. The molecule has 0 aromatic heterocycles. The van der Waals surface area contributed by atoms with E-state index in [9.17, 15) is 14.9 Å². The normalized spacial score (nSPS) is 10.7. The first-order valence-corrected chi connectivity index (χ1v) is 8.85. The van der Waals surface area contributed by atoms with Crippen LogP contribution < -0.4 is 10.1 Å². The van der Waals surface area contributed by atoms with Crippen LogP contribution in [0.3, 0.4) is 0 Å². The van der Waals surface area contributed by atoms with Crippen molar-refractivity contribution < 1.29 is 14.5 Å². The van der Waals surface area contributed by atoms with Crippen molar-refractivity contribution in [3.05, 3.63) is 63.2 Å². The average Bonchev–Trinajstić information content (AvgIpc) is 2.63. The number of hydrogen-bond acceptors (Lipinski definition) is 5. The van der Waals surface area contributed by atoms with E-state index in [4.69, 9.17) is 16.3 Å². The Balaban J connectivity index is 1.74. The lowest BCUT2D eigenvalue weighted by Crippen LogP contribution is -2.28. The number of aryl methyl sites for hydroxylation is 1. The highest BCUT2D eigenvalue weighted by Crippen LogP contribution is 2.22. The van der Waals surface area contributed by atoms with Gasteiger partial charge >= 0.3 is 0 Å². The van der Waals surface area contributed by atoms with Gasteiger partial charge in [0.1, 0.15) is 12.4 Å². The smallest absolute Gasteiger partial charge is 0.271 e. The zero-order valence-corrected chi connectivity index (χ0v) is 16.0. The van der Waals surface area contributed by atoms with Crippen molar-refractivity contribution in [2.75, 3.05) is 32.1 Å². The van der Waals surface area contributed by atoms with Gasteiger partial charge in [-0.3, -0.25) is 14.9 Å². The number of nitro groups is 1. The van der Waals surface area contributed by atoms with Crippen molar-refractivity contribution in [1.82, 2.24) is 4.90 Å². The van der Waals surface area contributed by atoms with Crippen LogP contribution in [0.4, 0.5) is 11.4 Å². The molecule has 1 amide bonds. The standard InChI is InChI=1S/C19H22ClN3O4/c1-14-3-6-16(23(25)26)13-18(14)21-19(24)9-10-22(2)11-12-27-17-7-4-15(20)5-8-17/h3-8,13H,9-12H2,1-2H3,(H,21,24). The van der Waals surface area contributed by atoms with E-state index in [1.54, 1.807) is 37.3 Å². The average molecular weight is 392 g/mol. The Morgan fingerprint density at radius 2 is 1.93 bits per heavy atom. The minimum atomic E-state index is -0.483. The van der Waals surface area contributed by atoms with Crippen LogP contribution in [0, 0.1) is 17.0 Å². The highest BCUT2D eigenvalue weighted by molar-refractivity contribution is 6.30. The third kappa shape index (κ3) is 6.88. The molecule has 0 aliphatic carbocycles. The van der Waals surface area contributed by atoms with Crippen LogP contribution in [-0.4, -0.2) is 42.5 Å². The molecule has 0 heterocycles. The van der Waals surface area contributed by atoms with Gasteiger partial charge in [-0.2, -0.15) is 0 Å². The molecule has 2 rings (SSSR count). The summed E-state index contributed by atoms with van der Waals surface area (Å²) in [5.41, 5.74) is 1.19. The van der Waals surface area contributed by atoms with Gasteiger partial charge in [-0.25, -0.2) is 0 Å². The molecule has 0 bridgehead atoms. The summed E-state index contributed by atoms with van der Waals surface area (Å²) in [5, 5.41) is 14.2. The molecule has 7 nitrogen and oxygen atoms in total. The molecule has 0 atom stereocenters. The van der Waals surface area contributed by atoms with E-state index in [2.05, 4.69) is 5.32 Å². The highest BCUT2D eigenvalue weighted by Gasteiger charge is 2.11. The fraction of sp³-hybridized carbons (Fsp3) is 0.316. The maximum absolute atomic E-state index is 12.1. The van der Waals surface area contributed by atoms with Gasteiger partial charge < -0.3 is 15.0 Å². The number of hydrogen-bond donors (Lipinski definition) is 1. The number of anilines is 1. The summed E-state index contributed by atoms with van der Waals surface area (Å²) < 4.78 is 5.62. The molecule has 0 saturated carbocycles. The van der Waals surface area contributed by atoms with Crippen molar-refractivity contribution in [3.8, 4) is 5.75 Å². The van der Waals surface area contributed by atoms with Crippen LogP contribution >= 0.6 is 11.6 Å². The van der Waals surface area contributed by atoms with Gasteiger partial charge in [0.25, 0.3) is 5.69 Å². The lowest BCUT2D eigenvalue weighted by Gasteiger charge is -2.17. The largest absolute Gasteiger partial charge is 0.492 e. The molecule has 1 N–H and O–H groups in total. The molecule has 0 unspecified atom stereocenters. The molecule has 2 aromatic carbocycles. The quantitative estimate of drug-likeness (QED) is 0.517. The van der Waals surface area contributed by atoms with Crippen LogP contribution in [0.5, 0.6) is 5.75 Å². The lowest BCUT2D eigenvalue weighted by atomic mass is 10.1. The van der Waals surface area contributed by atoms with Crippen LogP contribution in [0.15, 0.2) is 42.5 Å². The number of benzene rings is 2. The monoisotopic (exact) mass is 391 g/mol. The molecular formula is C19H22ClN3O4. The Kier molecular flexibility index (Phi) is 7.57. The van der Waals surface area contributed by atoms with E-state index in [1.165, 1.54) is 12.1 Å². The molecule has 2 aromatic rings. The second-order valence-electron chi connectivity index (χ2n) is 6.16. The number of likely N-dealkylation sites (N-methyl/N-ethyl adjacent to an activating group) is 1. The number of carbonyl (C=O) groups excluding carboxylic acids is 1. The topological polar surface area (TPSA) is 84.7 Å². The summed E-state index contributed by atoms with van der Waals surface area (Å²) in [5.74, 6) is 0.552. The number of halogens is 1. The summed E-state index contributed by atoms with van der Waals surface area (Å²) in [7, 11) is 1.90. The maximum atomic E-state index is 12.1. The van der Waals surface area contributed by atoms with E-state index in [0.717, 1.165) is 11.3 Å². The molecule has 0 aliphatic heterocycles. The Bertz CT molecular complexity index is 796. The number of ether oxygens (including phenoxy) is 1. The number of rotatable bonds is 9. The Hall–Kier alpha value is -2.64. The van der Waals surface area contributed by atoms with Crippen LogP contribution in [-0.2, 0) is 4.79 Å². The van der Waals surface area contributed by atoms with E-state index < -0.39 is 4.92 Å². The van der Waals surface area contributed by atoms with Crippen molar-refractivity contribution in [2.24, 2.45) is 0 Å². The van der Waals surface area contributed by atoms with Crippen molar-refractivity contribution in [1.29, 1.82) is 0 Å². The molecular weight excluding hydrogens is 370 g/mol. The Morgan fingerprint density at radius 3 is 2.59 bits per heavy atom. The number of nitrogens with one attached hydrogen (secondary N) is 1. The molecule has 0 fully saturated rings. The van der Waals surface area contributed by atoms with Crippen LogP contribution in [0.2, 0.25) is 5.02 Å². The van der Waals surface area contributed by atoms with Gasteiger partial charge in [-0.15, -0.1) is 0 Å². The zero-order valence-electron chi connectivity index (χ0n) is 15.3. The summed E-state index contributed by atoms with van der Waals surface area (Å²) >= 11 is 5.82. The molecule has 0 aliphatic rings. The van der Waals surface area contributed by atoms with Gasteiger partial charge in [-0.1, -0.05) is 17.7 Å². The number of non-ortho nitro benzene ring substituents is 1. The number of amides is 1. The fourth-order valence-corrected chi connectivity index (χ4v) is 2.45. The van der Waals surface area contributed by atoms with Crippen molar-refractivity contribution in [3.63, 3.8) is 0 Å². The Morgan fingerprint density at radius 1 is 1.22 bits per heavy atom. The van der Waals surface area contributed by atoms with Gasteiger partial charge in [0, 0.05) is 36.7 Å². The van der Waals surface area contributed by atoms with Gasteiger partial charge in [-0.05, 0) is 43.8 Å². The molecule has 144 valence electrons. The summed E-state index contributed by atoms with van der Waals surface area (Å²) in [6.45, 7) is 3.48. The zero-order chi connectivity index (χ0) is 19.8. The summed E-state index contributed by atoms with van der Waals surface area (Å²) in [4.78, 5) is 24.5. The maximum Gasteiger partial charge on any atom is 0.271 e. The Labute approximate surface area is 163 Å². The van der Waals surface area contributed by atoms with E-state index in [1.807, 2.05) is 11.9 Å². The second-order valence-corrected chi connectivity index (χ2v) is 6.60. The van der Waals surface area contributed by atoms with Gasteiger partial charge in [0.15, 0.2) is 0 Å². The van der Waals surface area contributed by atoms with E-state index >= 15 is 0 Å². The first-order valence-electron chi connectivity index (χ1n) is 8.47. The van der Waals surface area contributed by atoms with E-state index in [-0.39, 0.29) is 18.0 Å². The van der Waals surface area contributed by atoms with Gasteiger partial charge in [0.05, 0.1) is 10.6 Å². The minimum absolute atomic E-state index is 0.0487. The van der Waals surface area contributed by atoms with Gasteiger partial charge in [0.2, 0.25) is 5.91 Å². The molecule has 8 heteroatoms. The second kappa shape index (κ2) is 9.89. The lowest BCUT2D eigenvalue weighted by molar-refractivity contribution is -0.384. The number of nitro benzene ring substituents is 1. The van der Waals surface area contributed by atoms with Crippen molar-refractivity contribution in [2.45, 2.75) is 13.3 Å². The molecule has 0 radical (unpaired) electrons.